The zero-order chi connectivity index (χ0) is 17.5. The molecule has 3 rings (SSSR count). The molecular formula is C16H23N5O3. The molecule has 1 aromatic heterocycles. The lowest BCUT2D eigenvalue weighted by molar-refractivity contribution is 0.0550. The third-order valence-electron chi connectivity index (χ3n) is 4.38. The second-order valence-electron chi connectivity index (χ2n) is 7.08. The molecule has 2 aliphatic heterocycles. The number of rotatable bonds is 3. The highest BCUT2D eigenvalue weighted by Gasteiger charge is 2.49. The molecule has 0 aliphatic carbocycles. The average molecular weight is 333 g/mol. The Morgan fingerprint density at radius 1 is 1.42 bits per heavy atom. The minimum atomic E-state index is -0.596. The van der Waals surface area contributed by atoms with Crippen LogP contribution in [-0.4, -0.2) is 64.1 Å². The van der Waals surface area contributed by atoms with Crippen LogP contribution in [0, 0.1) is 5.92 Å². The van der Waals surface area contributed by atoms with Gasteiger partial charge >= 0.3 is 6.09 Å². The highest BCUT2D eigenvalue weighted by molar-refractivity contribution is 5.93. The first kappa shape index (κ1) is 16.5. The van der Waals surface area contributed by atoms with Gasteiger partial charge in [-0.25, -0.2) is 14.8 Å². The van der Waals surface area contributed by atoms with Gasteiger partial charge in [0.05, 0.1) is 13.1 Å². The molecule has 3 heterocycles. The largest absolute Gasteiger partial charge is 0.439 e. The molecule has 0 radical (unpaired) electrons. The summed E-state index contributed by atoms with van der Waals surface area (Å²) in [6, 6.07) is 1.70. The Morgan fingerprint density at radius 3 is 2.79 bits per heavy atom. The molecule has 130 valence electrons. The van der Waals surface area contributed by atoms with Crippen LogP contribution >= 0.6 is 0 Å². The normalized spacial score (nSPS) is 23.4. The van der Waals surface area contributed by atoms with E-state index in [0.29, 0.717) is 37.7 Å². The lowest BCUT2D eigenvalue weighted by Gasteiger charge is -2.21. The summed E-state index contributed by atoms with van der Waals surface area (Å²) in [5.41, 5.74) is 6.22. The predicted molar refractivity (Wildman–Crippen MR) is 87.3 cm³/mol. The molecule has 8 heteroatoms. The maximum absolute atomic E-state index is 12.8. The monoisotopic (exact) mass is 333 g/mol. The lowest BCUT2D eigenvalue weighted by atomic mass is 10.0. The number of likely N-dealkylation sites (N-methyl/N-ethyl adjacent to an activating group) is 1. The highest BCUT2D eigenvalue weighted by atomic mass is 16.6. The summed E-state index contributed by atoms with van der Waals surface area (Å²) in [6.07, 6.45) is 1.03. The minimum Gasteiger partial charge on any atom is -0.439 e. The van der Waals surface area contributed by atoms with Crippen molar-refractivity contribution < 1.29 is 14.3 Å². The van der Waals surface area contributed by atoms with E-state index in [9.17, 15) is 9.59 Å². The van der Waals surface area contributed by atoms with Crippen molar-refractivity contribution >= 4 is 17.9 Å². The molecule has 2 aliphatic rings. The minimum absolute atomic E-state index is 0.109. The van der Waals surface area contributed by atoms with Crippen LogP contribution in [-0.2, 0) is 11.2 Å². The first-order chi connectivity index (χ1) is 11.3. The van der Waals surface area contributed by atoms with E-state index in [1.165, 1.54) is 4.90 Å². The van der Waals surface area contributed by atoms with Crippen molar-refractivity contribution in [1.29, 1.82) is 0 Å². The van der Waals surface area contributed by atoms with Gasteiger partial charge in [0.15, 0.2) is 5.60 Å². The number of nitrogen functional groups attached to an aromatic ring is 1. The van der Waals surface area contributed by atoms with Crippen LogP contribution in [0.5, 0.6) is 0 Å². The Balaban J connectivity index is 1.76. The van der Waals surface area contributed by atoms with Gasteiger partial charge in [-0.05, 0) is 18.4 Å². The third kappa shape index (κ3) is 3.13. The van der Waals surface area contributed by atoms with Crippen molar-refractivity contribution in [3.63, 3.8) is 0 Å². The summed E-state index contributed by atoms with van der Waals surface area (Å²) in [5.74, 6) is 0.319. The number of hydrogen-bond donors (Lipinski definition) is 1. The van der Waals surface area contributed by atoms with Crippen molar-refractivity contribution in [3.8, 4) is 0 Å². The van der Waals surface area contributed by atoms with Crippen molar-refractivity contribution in [1.82, 2.24) is 19.8 Å². The van der Waals surface area contributed by atoms with E-state index in [4.69, 9.17) is 10.5 Å². The van der Waals surface area contributed by atoms with E-state index in [1.54, 1.807) is 18.0 Å². The maximum atomic E-state index is 12.8. The van der Waals surface area contributed by atoms with Crippen molar-refractivity contribution in [2.24, 2.45) is 5.92 Å². The predicted octanol–water partition coefficient (Wildman–Crippen LogP) is 0.924. The van der Waals surface area contributed by atoms with Gasteiger partial charge in [0.2, 0.25) is 5.95 Å². The highest BCUT2D eigenvalue weighted by Crippen LogP contribution is 2.32. The molecule has 8 nitrogen and oxygen atoms in total. The van der Waals surface area contributed by atoms with Crippen LogP contribution in [0.2, 0.25) is 0 Å². The Morgan fingerprint density at radius 2 is 2.17 bits per heavy atom. The van der Waals surface area contributed by atoms with Crippen molar-refractivity contribution in [2.45, 2.75) is 32.3 Å². The van der Waals surface area contributed by atoms with E-state index < -0.39 is 5.60 Å². The Labute approximate surface area is 141 Å². The van der Waals surface area contributed by atoms with Gasteiger partial charge in [-0.2, -0.15) is 0 Å². The van der Waals surface area contributed by atoms with E-state index in [0.717, 1.165) is 12.1 Å². The molecule has 24 heavy (non-hydrogen) atoms. The van der Waals surface area contributed by atoms with E-state index >= 15 is 0 Å². The molecular weight excluding hydrogens is 310 g/mol. The Hall–Kier alpha value is -2.38. The van der Waals surface area contributed by atoms with Crippen molar-refractivity contribution in [2.75, 3.05) is 32.4 Å². The molecule has 0 unspecified atom stereocenters. The number of hydrogen-bond acceptors (Lipinski definition) is 6. The van der Waals surface area contributed by atoms with Crippen LogP contribution in [0.1, 0.15) is 36.5 Å². The second kappa shape index (κ2) is 5.92. The number of anilines is 1. The van der Waals surface area contributed by atoms with Gasteiger partial charge in [-0.1, -0.05) is 13.8 Å². The van der Waals surface area contributed by atoms with Gasteiger partial charge in [0.25, 0.3) is 5.91 Å². The molecule has 1 atom stereocenters. The first-order valence-electron chi connectivity index (χ1n) is 8.15. The first-order valence-corrected chi connectivity index (χ1v) is 8.15. The van der Waals surface area contributed by atoms with Crippen LogP contribution in [0.4, 0.5) is 10.7 Å². The maximum Gasteiger partial charge on any atom is 0.410 e. The van der Waals surface area contributed by atoms with E-state index in [2.05, 4.69) is 23.8 Å². The number of likely N-dealkylation sites (tertiary alicyclic amines) is 1. The number of carbonyl (C=O) groups is 2. The summed E-state index contributed by atoms with van der Waals surface area (Å²) in [4.78, 5) is 35.9. The molecule has 1 spiro atoms. The summed E-state index contributed by atoms with van der Waals surface area (Å²) in [5, 5.41) is 0. The van der Waals surface area contributed by atoms with Gasteiger partial charge in [-0.3, -0.25) is 4.79 Å². The van der Waals surface area contributed by atoms with Gasteiger partial charge in [0.1, 0.15) is 5.69 Å². The average Bonchev–Trinajstić information content (AvgIpc) is 3.00. The summed E-state index contributed by atoms with van der Waals surface area (Å²) >= 11 is 0. The van der Waals surface area contributed by atoms with Gasteiger partial charge < -0.3 is 20.3 Å². The summed E-state index contributed by atoms with van der Waals surface area (Å²) in [6.45, 7) is 5.57. The number of ether oxygens (including phenoxy) is 1. The van der Waals surface area contributed by atoms with Crippen LogP contribution in [0.25, 0.3) is 0 Å². The van der Waals surface area contributed by atoms with Gasteiger partial charge in [-0.15, -0.1) is 0 Å². The number of aromatic nitrogens is 2. The zero-order valence-electron chi connectivity index (χ0n) is 14.3. The molecule has 2 amide bonds. The fourth-order valence-corrected chi connectivity index (χ4v) is 3.33. The quantitative estimate of drug-likeness (QED) is 0.883. The molecule has 2 N–H and O–H groups in total. The SMILES string of the molecule is CC(C)Cc1cc(C(=O)N2CC[C@@]3(CN(C)C(=O)O3)C2)nc(N)n1. The Bertz CT molecular complexity index is 678. The molecule has 2 saturated heterocycles. The second-order valence-corrected chi connectivity index (χ2v) is 7.08. The number of carbonyl (C=O) groups excluding carboxylic acids is 2. The fourth-order valence-electron chi connectivity index (χ4n) is 3.33. The van der Waals surface area contributed by atoms with Crippen LogP contribution in [0.15, 0.2) is 6.07 Å². The Kier molecular flexibility index (Phi) is 4.06. The topological polar surface area (TPSA) is 102 Å². The molecule has 2 fully saturated rings. The van der Waals surface area contributed by atoms with Crippen LogP contribution < -0.4 is 5.73 Å². The fraction of sp³-hybridized carbons (Fsp3) is 0.625. The van der Waals surface area contributed by atoms with E-state index in [-0.39, 0.29) is 17.9 Å². The van der Waals surface area contributed by atoms with Gasteiger partial charge in [0, 0.05) is 25.7 Å². The molecule has 0 aromatic carbocycles. The smallest absolute Gasteiger partial charge is 0.410 e. The van der Waals surface area contributed by atoms with Crippen molar-refractivity contribution in [3.05, 3.63) is 17.5 Å². The summed E-state index contributed by atoms with van der Waals surface area (Å²) in [7, 11) is 1.70. The molecule has 0 saturated carbocycles. The van der Waals surface area contributed by atoms with Crippen LogP contribution in [0.3, 0.4) is 0 Å². The summed E-state index contributed by atoms with van der Waals surface area (Å²) < 4.78 is 5.47. The molecule has 1 aromatic rings. The lowest BCUT2D eigenvalue weighted by Crippen LogP contribution is -2.39. The third-order valence-corrected chi connectivity index (χ3v) is 4.38. The van der Waals surface area contributed by atoms with E-state index in [1.807, 2.05) is 0 Å². The number of amides is 2. The zero-order valence-corrected chi connectivity index (χ0v) is 14.3. The standard InChI is InChI=1S/C16H23N5O3/c1-10(2)6-11-7-12(19-14(17)18-11)13(22)21-5-4-16(9-21)8-20(3)15(23)24-16/h7,10H,4-6,8-9H2,1-3H3,(H2,17,18,19)/t16-/m1/s1. The number of nitrogens with zero attached hydrogens (tertiary/aromatic N) is 4. The number of nitrogens with two attached hydrogens (primary N) is 1. The molecule has 0 bridgehead atoms.